The molecular formula is C18H18N2O5. The van der Waals surface area contributed by atoms with Gasteiger partial charge in [-0.15, -0.1) is 0 Å². The molecule has 0 aliphatic carbocycles. The number of nitrogens with one attached hydrogen (secondary N) is 1. The highest BCUT2D eigenvalue weighted by atomic mass is 16.6. The Morgan fingerprint density at radius 1 is 1.12 bits per heavy atom. The topological polar surface area (TPSA) is 98.5 Å². The first kappa shape index (κ1) is 18.1. The third-order valence-corrected chi connectivity index (χ3v) is 3.69. The maximum absolute atomic E-state index is 12.2. The summed E-state index contributed by atoms with van der Waals surface area (Å²) < 4.78 is 5.14. The van der Waals surface area contributed by atoms with Gasteiger partial charge >= 0.3 is 5.97 Å². The molecule has 0 aliphatic rings. The van der Waals surface area contributed by atoms with Gasteiger partial charge in [0.25, 0.3) is 11.6 Å². The number of amides is 1. The van der Waals surface area contributed by atoms with Gasteiger partial charge in [-0.3, -0.25) is 14.9 Å². The molecule has 0 aliphatic heterocycles. The lowest BCUT2D eigenvalue weighted by molar-refractivity contribution is -0.385. The van der Waals surface area contributed by atoms with Crippen molar-refractivity contribution in [2.75, 3.05) is 5.32 Å². The number of ether oxygens (including phenoxy) is 1. The molecule has 0 heterocycles. The van der Waals surface area contributed by atoms with E-state index in [0.29, 0.717) is 5.69 Å². The molecule has 2 rings (SSSR count). The van der Waals surface area contributed by atoms with Crippen LogP contribution in [0.25, 0.3) is 0 Å². The van der Waals surface area contributed by atoms with Crippen LogP contribution in [-0.2, 0) is 9.53 Å². The predicted molar refractivity (Wildman–Crippen MR) is 92.5 cm³/mol. The van der Waals surface area contributed by atoms with E-state index in [1.54, 1.807) is 12.1 Å². The van der Waals surface area contributed by atoms with Crippen LogP contribution in [0.2, 0.25) is 0 Å². The minimum atomic E-state index is -1.05. The number of hydrogen-bond donors (Lipinski definition) is 1. The minimum absolute atomic E-state index is 0.0594. The van der Waals surface area contributed by atoms with E-state index in [4.69, 9.17) is 4.74 Å². The first-order chi connectivity index (χ1) is 11.8. The molecule has 0 radical (unpaired) electrons. The minimum Gasteiger partial charge on any atom is -0.449 e. The van der Waals surface area contributed by atoms with Crippen LogP contribution in [0, 0.1) is 24.0 Å². The van der Waals surface area contributed by atoms with Gasteiger partial charge in [0.05, 0.1) is 10.5 Å². The monoisotopic (exact) mass is 342 g/mol. The second-order valence-corrected chi connectivity index (χ2v) is 5.61. The van der Waals surface area contributed by atoms with Crippen LogP contribution in [0.1, 0.15) is 28.4 Å². The van der Waals surface area contributed by atoms with E-state index in [2.05, 4.69) is 5.32 Å². The number of aryl methyl sites for hydroxylation is 1. The largest absolute Gasteiger partial charge is 0.449 e. The third kappa shape index (κ3) is 4.41. The molecule has 130 valence electrons. The number of nitro benzene ring substituents is 1. The Balaban J connectivity index is 2.07. The number of esters is 1. The maximum Gasteiger partial charge on any atom is 0.339 e. The number of hydrogen-bond acceptors (Lipinski definition) is 5. The summed E-state index contributed by atoms with van der Waals surface area (Å²) in [5, 5.41) is 13.6. The van der Waals surface area contributed by atoms with Crippen molar-refractivity contribution in [2.45, 2.75) is 26.9 Å². The van der Waals surface area contributed by atoms with Crippen molar-refractivity contribution in [1.82, 2.24) is 0 Å². The van der Waals surface area contributed by atoms with Crippen molar-refractivity contribution in [3.8, 4) is 0 Å². The molecule has 1 atom stereocenters. The van der Waals surface area contributed by atoms with E-state index in [1.807, 2.05) is 19.1 Å². The number of nitrogens with zero attached hydrogens (tertiary/aromatic N) is 1. The van der Waals surface area contributed by atoms with Crippen molar-refractivity contribution < 1.29 is 19.2 Å². The van der Waals surface area contributed by atoms with Crippen molar-refractivity contribution in [2.24, 2.45) is 0 Å². The van der Waals surface area contributed by atoms with Crippen LogP contribution >= 0.6 is 0 Å². The summed E-state index contributed by atoms with van der Waals surface area (Å²) in [5.41, 5.74) is 1.72. The van der Waals surface area contributed by atoms with E-state index >= 15 is 0 Å². The Kier molecular flexibility index (Phi) is 5.49. The second kappa shape index (κ2) is 7.57. The van der Waals surface area contributed by atoms with Gasteiger partial charge in [-0.2, -0.15) is 0 Å². The molecule has 2 aromatic carbocycles. The standard InChI is InChI=1S/C18H18N2O5/c1-11-7-9-14(10-8-11)19-17(21)13(3)25-18(22)15-5-4-6-16(12(15)2)20(23)24/h4-10,13H,1-3H3,(H,19,21)/t13-/m0/s1. The first-order valence-corrected chi connectivity index (χ1v) is 7.62. The van der Waals surface area contributed by atoms with Gasteiger partial charge in [-0.1, -0.05) is 23.8 Å². The molecule has 0 spiro atoms. The summed E-state index contributed by atoms with van der Waals surface area (Å²) >= 11 is 0. The molecule has 25 heavy (non-hydrogen) atoms. The fourth-order valence-electron chi connectivity index (χ4n) is 2.20. The summed E-state index contributed by atoms with van der Waals surface area (Å²) in [6.45, 7) is 4.83. The van der Waals surface area contributed by atoms with Gasteiger partial charge in [0.15, 0.2) is 6.10 Å². The van der Waals surface area contributed by atoms with Gasteiger partial charge in [0, 0.05) is 17.3 Å². The number of nitro groups is 1. The highest BCUT2D eigenvalue weighted by Crippen LogP contribution is 2.22. The molecule has 1 amide bonds. The van der Waals surface area contributed by atoms with Crippen LogP contribution < -0.4 is 5.32 Å². The van der Waals surface area contributed by atoms with E-state index in [9.17, 15) is 19.7 Å². The second-order valence-electron chi connectivity index (χ2n) is 5.61. The molecule has 0 fully saturated rings. The fourth-order valence-corrected chi connectivity index (χ4v) is 2.20. The molecule has 0 aromatic heterocycles. The quantitative estimate of drug-likeness (QED) is 0.510. The summed E-state index contributed by atoms with van der Waals surface area (Å²) in [4.78, 5) is 34.7. The van der Waals surface area contributed by atoms with Crippen molar-refractivity contribution in [3.05, 3.63) is 69.3 Å². The van der Waals surface area contributed by atoms with Gasteiger partial charge in [-0.25, -0.2) is 4.79 Å². The zero-order valence-corrected chi connectivity index (χ0v) is 14.1. The van der Waals surface area contributed by atoms with E-state index < -0.39 is 22.9 Å². The average molecular weight is 342 g/mol. The van der Waals surface area contributed by atoms with Crippen molar-refractivity contribution >= 4 is 23.3 Å². The van der Waals surface area contributed by atoms with Gasteiger partial charge in [0.1, 0.15) is 0 Å². The molecule has 0 saturated carbocycles. The summed E-state index contributed by atoms with van der Waals surface area (Å²) in [7, 11) is 0. The lowest BCUT2D eigenvalue weighted by atomic mass is 10.1. The van der Waals surface area contributed by atoms with Gasteiger partial charge in [-0.05, 0) is 39.0 Å². The highest BCUT2D eigenvalue weighted by molar-refractivity contribution is 5.98. The fraction of sp³-hybridized carbons (Fsp3) is 0.222. The molecule has 7 heteroatoms. The van der Waals surface area contributed by atoms with Crippen LogP contribution in [0.5, 0.6) is 0 Å². The van der Waals surface area contributed by atoms with Crippen LogP contribution in [0.4, 0.5) is 11.4 Å². The van der Waals surface area contributed by atoms with Gasteiger partial charge in [0.2, 0.25) is 0 Å². The molecule has 2 aromatic rings. The Hall–Kier alpha value is -3.22. The summed E-state index contributed by atoms with van der Waals surface area (Å²) in [6, 6.07) is 11.3. The Bertz CT molecular complexity index is 815. The number of benzene rings is 2. The predicted octanol–water partition coefficient (Wildman–Crippen LogP) is 3.40. The van der Waals surface area contributed by atoms with Gasteiger partial charge < -0.3 is 10.1 Å². The lowest BCUT2D eigenvalue weighted by Crippen LogP contribution is -2.30. The van der Waals surface area contributed by atoms with Crippen LogP contribution in [0.15, 0.2) is 42.5 Å². The van der Waals surface area contributed by atoms with Crippen LogP contribution in [0.3, 0.4) is 0 Å². The zero-order valence-electron chi connectivity index (χ0n) is 14.1. The Morgan fingerprint density at radius 2 is 1.76 bits per heavy atom. The Labute approximate surface area is 144 Å². The van der Waals surface area contributed by atoms with Crippen molar-refractivity contribution in [3.63, 3.8) is 0 Å². The third-order valence-electron chi connectivity index (χ3n) is 3.69. The molecule has 1 N–H and O–H groups in total. The van der Waals surface area contributed by atoms with E-state index in [-0.39, 0.29) is 16.8 Å². The van der Waals surface area contributed by atoms with Crippen LogP contribution in [-0.4, -0.2) is 22.9 Å². The molecule has 0 unspecified atom stereocenters. The number of carbonyl (C=O) groups is 2. The highest BCUT2D eigenvalue weighted by Gasteiger charge is 2.23. The number of carbonyl (C=O) groups excluding carboxylic acids is 2. The SMILES string of the molecule is Cc1ccc(NC(=O)[C@H](C)OC(=O)c2cccc([N+](=O)[O-])c2C)cc1. The molecule has 7 nitrogen and oxygen atoms in total. The number of anilines is 1. The normalized spacial score (nSPS) is 11.5. The van der Waals surface area contributed by atoms with E-state index in [1.165, 1.54) is 32.0 Å². The first-order valence-electron chi connectivity index (χ1n) is 7.62. The zero-order chi connectivity index (χ0) is 18.6. The molecular weight excluding hydrogens is 324 g/mol. The van der Waals surface area contributed by atoms with Crippen molar-refractivity contribution in [1.29, 1.82) is 0 Å². The van der Waals surface area contributed by atoms with E-state index in [0.717, 1.165) is 5.56 Å². The maximum atomic E-state index is 12.2. The Morgan fingerprint density at radius 3 is 2.36 bits per heavy atom. The lowest BCUT2D eigenvalue weighted by Gasteiger charge is -2.14. The summed E-state index contributed by atoms with van der Waals surface area (Å²) in [6.07, 6.45) is -1.05. The average Bonchev–Trinajstić information content (AvgIpc) is 2.56. The number of rotatable bonds is 5. The molecule has 0 bridgehead atoms. The summed E-state index contributed by atoms with van der Waals surface area (Å²) in [5.74, 6) is -1.27. The molecule has 0 saturated heterocycles. The smallest absolute Gasteiger partial charge is 0.339 e.